The second kappa shape index (κ2) is 5.03. The number of amides is 2. The molecule has 0 aromatic carbocycles. The molecule has 6 nitrogen and oxygen atoms in total. The lowest BCUT2D eigenvalue weighted by Gasteiger charge is -2.49. The minimum atomic E-state index is -0.425. The molecule has 4 unspecified atom stereocenters. The van der Waals surface area contributed by atoms with E-state index in [1.807, 2.05) is 24.3 Å². The quantitative estimate of drug-likeness (QED) is 0.630. The van der Waals surface area contributed by atoms with E-state index < -0.39 is 11.8 Å². The molecule has 0 aromatic rings. The van der Waals surface area contributed by atoms with Gasteiger partial charge < -0.3 is 20.0 Å². The van der Waals surface area contributed by atoms with Crippen LogP contribution in [-0.2, 0) is 9.59 Å². The highest BCUT2D eigenvalue weighted by Gasteiger charge is 2.48. The summed E-state index contributed by atoms with van der Waals surface area (Å²) in [5.41, 5.74) is 0. The van der Waals surface area contributed by atoms with E-state index in [2.05, 4.69) is 0 Å². The Kier molecular flexibility index (Phi) is 3.35. The van der Waals surface area contributed by atoms with Gasteiger partial charge in [-0.15, -0.1) is 0 Å². The van der Waals surface area contributed by atoms with Crippen molar-refractivity contribution < 1.29 is 19.8 Å². The molecule has 4 atom stereocenters. The Morgan fingerprint density at radius 1 is 0.800 bits per heavy atom. The Hall–Kier alpha value is -1.66. The Bertz CT molecular complexity index is 444. The summed E-state index contributed by atoms with van der Waals surface area (Å²) >= 11 is 0. The van der Waals surface area contributed by atoms with E-state index in [1.54, 1.807) is 9.80 Å². The first-order chi connectivity index (χ1) is 9.69. The number of nitrogens with zero attached hydrogens (tertiary/aromatic N) is 2. The maximum absolute atomic E-state index is 12.5. The zero-order valence-electron chi connectivity index (χ0n) is 11.1. The fraction of sp³-hybridized carbons (Fsp3) is 0.571. The van der Waals surface area contributed by atoms with Crippen LogP contribution in [0.15, 0.2) is 24.3 Å². The molecule has 4 bridgehead atoms. The predicted molar refractivity (Wildman–Crippen MR) is 70.4 cm³/mol. The average Bonchev–Trinajstić information content (AvgIpc) is 2.41. The first-order valence-electron chi connectivity index (χ1n) is 6.88. The SMILES string of the molecule is O=C1C2C=CC(C3C=CC2N(CCO)C3=O)N1CCO. The standard InChI is InChI=1S/C14H18N2O4/c17-7-5-15-11-3-1-9(13(15)19)12-4-2-10(11)14(20)16(12)6-8-18/h1-4,9-12,17-18H,5-8H2. The molecule has 1 aliphatic carbocycles. The summed E-state index contributed by atoms with van der Waals surface area (Å²) < 4.78 is 0. The van der Waals surface area contributed by atoms with Crippen LogP contribution in [0.5, 0.6) is 0 Å². The van der Waals surface area contributed by atoms with Gasteiger partial charge in [0.05, 0.1) is 37.1 Å². The lowest BCUT2D eigenvalue weighted by atomic mass is 9.78. The van der Waals surface area contributed by atoms with Crippen LogP contribution in [0.3, 0.4) is 0 Å². The minimum Gasteiger partial charge on any atom is -0.395 e. The van der Waals surface area contributed by atoms with Gasteiger partial charge in [-0.1, -0.05) is 24.3 Å². The van der Waals surface area contributed by atoms with Crippen molar-refractivity contribution in [3.63, 3.8) is 0 Å². The highest BCUT2D eigenvalue weighted by molar-refractivity contribution is 5.91. The third kappa shape index (κ3) is 1.79. The van der Waals surface area contributed by atoms with Crippen molar-refractivity contribution in [3.8, 4) is 0 Å². The summed E-state index contributed by atoms with van der Waals surface area (Å²) in [6.07, 6.45) is 7.52. The Morgan fingerprint density at radius 3 is 1.55 bits per heavy atom. The van der Waals surface area contributed by atoms with Gasteiger partial charge in [0.1, 0.15) is 0 Å². The van der Waals surface area contributed by atoms with Crippen LogP contribution in [0.4, 0.5) is 0 Å². The summed E-state index contributed by atoms with van der Waals surface area (Å²) in [5, 5.41) is 18.3. The summed E-state index contributed by atoms with van der Waals surface area (Å²) in [6, 6.07) is -0.672. The first-order valence-corrected chi connectivity index (χ1v) is 6.88. The fourth-order valence-electron chi connectivity index (χ4n) is 3.40. The van der Waals surface area contributed by atoms with E-state index in [0.717, 1.165) is 0 Å². The summed E-state index contributed by atoms with van der Waals surface area (Å²) in [7, 11) is 0. The molecule has 6 heteroatoms. The number of aliphatic hydroxyl groups is 2. The lowest BCUT2D eigenvalue weighted by Crippen LogP contribution is -2.63. The van der Waals surface area contributed by atoms with Crippen LogP contribution in [-0.4, -0.2) is 70.2 Å². The van der Waals surface area contributed by atoms with Crippen LogP contribution in [0.2, 0.25) is 0 Å². The van der Waals surface area contributed by atoms with Gasteiger partial charge in [-0.25, -0.2) is 0 Å². The lowest BCUT2D eigenvalue weighted by molar-refractivity contribution is -0.151. The molecule has 0 spiro atoms. The molecule has 1 fully saturated rings. The topological polar surface area (TPSA) is 81.1 Å². The van der Waals surface area contributed by atoms with Crippen LogP contribution < -0.4 is 0 Å². The minimum absolute atomic E-state index is 0.0543. The zero-order valence-corrected chi connectivity index (χ0v) is 11.1. The zero-order chi connectivity index (χ0) is 14.3. The molecule has 5 aliphatic heterocycles. The highest BCUT2D eigenvalue weighted by Crippen LogP contribution is 2.36. The van der Waals surface area contributed by atoms with Gasteiger partial charge in [-0.05, 0) is 0 Å². The number of hydrogen-bond donors (Lipinski definition) is 2. The predicted octanol–water partition coefficient (Wildman–Crippen LogP) is -1.25. The summed E-state index contributed by atoms with van der Waals surface area (Å²) in [6.45, 7) is 0.264. The van der Waals surface area contributed by atoms with Crippen molar-refractivity contribution in [1.82, 2.24) is 9.80 Å². The first kappa shape index (κ1) is 13.3. The fourth-order valence-corrected chi connectivity index (χ4v) is 3.40. The van der Waals surface area contributed by atoms with E-state index in [0.29, 0.717) is 0 Å². The van der Waals surface area contributed by atoms with E-state index in [-0.39, 0.29) is 50.2 Å². The third-order valence-electron chi connectivity index (χ3n) is 4.31. The maximum atomic E-state index is 12.5. The molecule has 0 radical (unpaired) electrons. The van der Waals surface area contributed by atoms with Gasteiger partial charge >= 0.3 is 0 Å². The molecular weight excluding hydrogens is 260 g/mol. The van der Waals surface area contributed by atoms with Crippen molar-refractivity contribution in [3.05, 3.63) is 24.3 Å². The molecule has 6 aliphatic rings. The number of aliphatic hydroxyl groups excluding tert-OH is 2. The van der Waals surface area contributed by atoms with E-state index in [9.17, 15) is 9.59 Å². The van der Waals surface area contributed by atoms with Gasteiger partial charge in [0.15, 0.2) is 0 Å². The monoisotopic (exact) mass is 278 g/mol. The molecule has 108 valence electrons. The third-order valence-corrected chi connectivity index (χ3v) is 4.31. The van der Waals surface area contributed by atoms with E-state index >= 15 is 0 Å². The summed E-state index contributed by atoms with van der Waals surface area (Å²) in [5.74, 6) is -0.959. The number of hydrogen-bond acceptors (Lipinski definition) is 4. The van der Waals surface area contributed by atoms with Gasteiger partial charge in [-0.3, -0.25) is 9.59 Å². The Balaban J connectivity index is 2.02. The largest absolute Gasteiger partial charge is 0.395 e. The van der Waals surface area contributed by atoms with Crippen LogP contribution in [0, 0.1) is 11.8 Å². The van der Waals surface area contributed by atoms with Crippen LogP contribution in [0.25, 0.3) is 0 Å². The summed E-state index contributed by atoms with van der Waals surface area (Å²) in [4.78, 5) is 28.2. The van der Waals surface area contributed by atoms with Gasteiger partial charge in [-0.2, -0.15) is 0 Å². The molecule has 5 heterocycles. The molecule has 1 saturated heterocycles. The Labute approximate surface area is 117 Å². The highest BCUT2D eigenvalue weighted by atomic mass is 16.3. The van der Waals surface area contributed by atoms with E-state index in [4.69, 9.17) is 10.2 Å². The van der Waals surface area contributed by atoms with Crippen molar-refractivity contribution in [2.75, 3.05) is 26.3 Å². The van der Waals surface area contributed by atoms with E-state index in [1.165, 1.54) is 0 Å². The van der Waals surface area contributed by atoms with Gasteiger partial charge in [0.2, 0.25) is 11.8 Å². The van der Waals surface area contributed by atoms with Gasteiger partial charge in [0.25, 0.3) is 0 Å². The van der Waals surface area contributed by atoms with Crippen molar-refractivity contribution in [2.45, 2.75) is 12.1 Å². The molecule has 20 heavy (non-hydrogen) atoms. The van der Waals surface area contributed by atoms with Crippen molar-refractivity contribution in [2.24, 2.45) is 11.8 Å². The van der Waals surface area contributed by atoms with Crippen LogP contribution >= 0.6 is 0 Å². The molecular formula is C14H18N2O4. The normalized spacial score (nSPS) is 34.9. The number of carbonyl (C=O) groups excluding carboxylic acids is 2. The molecule has 2 N–H and O–H groups in total. The second-order valence-electron chi connectivity index (χ2n) is 5.31. The molecule has 0 saturated carbocycles. The number of carbonyl (C=O) groups is 2. The maximum Gasteiger partial charge on any atom is 0.232 e. The smallest absolute Gasteiger partial charge is 0.232 e. The molecule has 0 aromatic heterocycles. The molecule has 2 amide bonds. The van der Waals surface area contributed by atoms with Crippen molar-refractivity contribution in [1.29, 1.82) is 0 Å². The molecule has 6 rings (SSSR count). The Morgan fingerprint density at radius 2 is 1.20 bits per heavy atom. The van der Waals surface area contributed by atoms with Gasteiger partial charge in [0, 0.05) is 13.1 Å². The van der Waals surface area contributed by atoms with Crippen LogP contribution in [0.1, 0.15) is 0 Å². The number of rotatable bonds is 4. The second-order valence-corrected chi connectivity index (χ2v) is 5.31. The van der Waals surface area contributed by atoms with Crippen molar-refractivity contribution >= 4 is 11.8 Å². The average molecular weight is 278 g/mol.